The third-order valence-electron chi connectivity index (χ3n) is 3.55. The third-order valence-corrected chi connectivity index (χ3v) is 5.54. The van der Waals surface area contributed by atoms with Crippen molar-refractivity contribution >= 4 is 39.8 Å². The van der Waals surface area contributed by atoms with Crippen LogP contribution < -0.4 is 4.80 Å². The highest BCUT2D eigenvalue weighted by molar-refractivity contribution is 14.1. The summed E-state index contributed by atoms with van der Waals surface area (Å²) in [4.78, 5) is 18.7. The second kappa shape index (κ2) is 6.80. The van der Waals surface area contributed by atoms with Crippen LogP contribution in [0.1, 0.15) is 15.2 Å². The summed E-state index contributed by atoms with van der Waals surface area (Å²) in [5.74, 6) is -0.202. The molecule has 0 spiro atoms. The molecule has 0 saturated heterocycles. The molecule has 3 rings (SSSR count). The van der Waals surface area contributed by atoms with E-state index in [1.54, 1.807) is 0 Å². The number of rotatable bonds is 2. The van der Waals surface area contributed by atoms with Crippen LogP contribution in [0.15, 0.2) is 59.6 Å². The zero-order valence-corrected chi connectivity index (χ0v) is 15.8. The highest BCUT2D eigenvalue weighted by Gasteiger charge is 2.12. The Kier molecular flexibility index (Phi) is 4.77. The molecule has 5 heteroatoms. The van der Waals surface area contributed by atoms with Crippen molar-refractivity contribution in [1.29, 1.82) is 0 Å². The summed E-state index contributed by atoms with van der Waals surface area (Å²) < 4.78 is 2.90. The van der Waals surface area contributed by atoms with Gasteiger partial charge in [0.1, 0.15) is 0 Å². The molecular formula is C18H15IN2OS. The van der Waals surface area contributed by atoms with E-state index in [4.69, 9.17) is 0 Å². The van der Waals surface area contributed by atoms with Gasteiger partial charge in [0, 0.05) is 15.5 Å². The highest BCUT2D eigenvalue weighted by Crippen LogP contribution is 2.24. The molecule has 0 bridgehead atoms. The molecule has 0 unspecified atom stereocenters. The predicted molar refractivity (Wildman–Crippen MR) is 103 cm³/mol. The monoisotopic (exact) mass is 434 g/mol. The van der Waals surface area contributed by atoms with Gasteiger partial charge >= 0.3 is 0 Å². The number of amides is 1. The number of halogens is 1. The molecule has 0 N–H and O–H groups in total. The highest BCUT2D eigenvalue weighted by atomic mass is 127. The molecule has 0 radical (unpaired) electrons. The van der Waals surface area contributed by atoms with E-state index >= 15 is 0 Å². The van der Waals surface area contributed by atoms with Crippen molar-refractivity contribution in [3.63, 3.8) is 0 Å². The minimum atomic E-state index is -0.202. The zero-order valence-electron chi connectivity index (χ0n) is 12.8. The number of carbonyl (C=O) groups excluding carboxylic acids is 1. The van der Waals surface area contributed by atoms with E-state index in [-0.39, 0.29) is 5.91 Å². The van der Waals surface area contributed by atoms with Crippen LogP contribution in [0, 0.1) is 10.5 Å². The predicted octanol–water partition coefficient (Wildman–Crippen LogP) is 4.41. The first-order valence-electron chi connectivity index (χ1n) is 7.13. The quantitative estimate of drug-likeness (QED) is 0.551. The van der Waals surface area contributed by atoms with Gasteiger partial charge in [0.25, 0.3) is 5.91 Å². The summed E-state index contributed by atoms with van der Waals surface area (Å²) in [6, 6.07) is 17.7. The summed E-state index contributed by atoms with van der Waals surface area (Å²) in [6.07, 6.45) is 0. The van der Waals surface area contributed by atoms with E-state index in [1.165, 1.54) is 11.3 Å². The van der Waals surface area contributed by atoms with Crippen LogP contribution >= 0.6 is 33.9 Å². The molecule has 2 aromatic carbocycles. The summed E-state index contributed by atoms with van der Waals surface area (Å²) in [5, 5.41) is 0. The smallest absolute Gasteiger partial charge is 0.280 e. The number of nitrogens with zero attached hydrogens (tertiary/aromatic N) is 2. The van der Waals surface area contributed by atoms with Gasteiger partial charge in [-0.05, 0) is 47.2 Å². The molecule has 3 aromatic rings. The maximum Gasteiger partial charge on any atom is 0.280 e. The Morgan fingerprint density at radius 3 is 2.43 bits per heavy atom. The van der Waals surface area contributed by atoms with Gasteiger partial charge in [0.05, 0.1) is 11.3 Å². The van der Waals surface area contributed by atoms with Crippen LogP contribution in [-0.2, 0) is 7.05 Å². The fraction of sp³-hybridized carbons (Fsp3) is 0.111. The van der Waals surface area contributed by atoms with Gasteiger partial charge in [-0.2, -0.15) is 4.99 Å². The molecule has 3 nitrogen and oxygen atoms in total. The Bertz CT molecular complexity index is 926. The summed E-state index contributed by atoms with van der Waals surface area (Å²) in [6.45, 7) is 2.06. The number of aryl methyl sites for hydroxylation is 1. The molecule has 1 heterocycles. The molecular weight excluding hydrogens is 419 g/mol. The molecule has 116 valence electrons. The van der Waals surface area contributed by atoms with Gasteiger partial charge in [-0.25, -0.2) is 0 Å². The van der Waals surface area contributed by atoms with Gasteiger partial charge in [-0.15, -0.1) is 11.3 Å². The van der Waals surface area contributed by atoms with Gasteiger partial charge in [-0.3, -0.25) is 4.79 Å². The number of aromatic nitrogens is 1. The lowest BCUT2D eigenvalue weighted by molar-refractivity contribution is 0.0997. The van der Waals surface area contributed by atoms with Crippen LogP contribution in [0.3, 0.4) is 0 Å². The van der Waals surface area contributed by atoms with E-state index in [2.05, 4.69) is 46.6 Å². The van der Waals surface area contributed by atoms with Crippen LogP contribution in [0.5, 0.6) is 0 Å². The maximum atomic E-state index is 12.5. The number of hydrogen-bond donors (Lipinski definition) is 0. The largest absolute Gasteiger partial charge is 0.319 e. The Labute approximate surface area is 152 Å². The lowest BCUT2D eigenvalue weighted by atomic mass is 10.1. The molecule has 1 aromatic heterocycles. The molecule has 23 heavy (non-hydrogen) atoms. The van der Waals surface area contributed by atoms with Crippen LogP contribution in [0.2, 0.25) is 0 Å². The van der Waals surface area contributed by atoms with Crippen molar-refractivity contribution in [2.45, 2.75) is 6.92 Å². The number of hydrogen-bond acceptors (Lipinski definition) is 2. The topological polar surface area (TPSA) is 34.4 Å². The molecule has 0 aliphatic rings. The third kappa shape index (κ3) is 3.30. The molecule has 1 amide bonds. The van der Waals surface area contributed by atoms with Crippen molar-refractivity contribution in [1.82, 2.24) is 4.57 Å². The van der Waals surface area contributed by atoms with Gasteiger partial charge in [0.2, 0.25) is 0 Å². The fourth-order valence-corrected chi connectivity index (χ4v) is 4.06. The Hall–Kier alpha value is -1.73. The molecule has 0 aliphatic heterocycles. The van der Waals surface area contributed by atoms with E-state index in [0.717, 1.165) is 19.7 Å². The van der Waals surface area contributed by atoms with E-state index in [0.29, 0.717) is 10.4 Å². The van der Waals surface area contributed by atoms with Crippen LogP contribution in [-0.4, -0.2) is 10.5 Å². The van der Waals surface area contributed by atoms with Crippen molar-refractivity contribution in [2.24, 2.45) is 12.0 Å². The first-order chi connectivity index (χ1) is 11.1. The minimum absolute atomic E-state index is 0.202. The molecule has 0 atom stereocenters. The average Bonchev–Trinajstić information content (AvgIpc) is 2.82. The Morgan fingerprint density at radius 2 is 1.74 bits per heavy atom. The first kappa shape index (κ1) is 16.1. The van der Waals surface area contributed by atoms with Gasteiger partial charge in [-0.1, -0.05) is 42.5 Å². The Balaban J connectivity index is 2.09. The lowest BCUT2D eigenvalue weighted by Crippen LogP contribution is -2.14. The molecule has 0 fully saturated rings. The van der Waals surface area contributed by atoms with E-state index < -0.39 is 0 Å². The maximum absolute atomic E-state index is 12.5. The van der Waals surface area contributed by atoms with Gasteiger partial charge < -0.3 is 4.57 Å². The second-order valence-electron chi connectivity index (χ2n) is 5.11. The number of benzene rings is 2. The summed E-state index contributed by atoms with van der Waals surface area (Å²) >= 11 is 3.70. The van der Waals surface area contributed by atoms with E-state index in [1.807, 2.05) is 54.1 Å². The van der Waals surface area contributed by atoms with Crippen molar-refractivity contribution in [3.8, 4) is 11.3 Å². The van der Waals surface area contributed by atoms with Crippen molar-refractivity contribution in [3.05, 3.63) is 73.4 Å². The van der Waals surface area contributed by atoms with E-state index in [9.17, 15) is 4.79 Å². The average molecular weight is 434 g/mol. The standard InChI is InChI=1S/C18H15IN2OS/c1-12-16(13-8-4-3-5-9-13)21(2)18(23-12)20-17(22)14-10-6-7-11-15(14)19/h3-11H,1-2H3. The zero-order chi connectivity index (χ0) is 16.4. The second-order valence-corrected chi connectivity index (χ2v) is 7.46. The fourth-order valence-electron chi connectivity index (χ4n) is 2.46. The normalized spacial score (nSPS) is 11.7. The summed E-state index contributed by atoms with van der Waals surface area (Å²) in [7, 11) is 1.95. The molecule has 0 saturated carbocycles. The SMILES string of the molecule is Cc1sc(=NC(=O)c2ccccc2I)n(C)c1-c1ccccc1. The molecule has 0 aliphatic carbocycles. The number of thiazole rings is 1. The van der Waals surface area contributed by atoms with Crippen molar-refractivity contribution in [2.75, 3.05) is 0 Å². The number of carbonyl (C=O) groups is 1. The van der Waals surface area contributed by atoms with Gasteiger partial charge in [0.15, 0.2) is 4.80 Å². The van der Waals surface area contributed by atoms with Crippen molar-refractivity contribution < 1.29 is 4.79 Å². The van der Waals surface area contributed by atoms with Crippen LogP contribution in [0.4, 0.5) is 0 Å². The lowest BCUT2D eigenvalue weighted by Gasteiger charge is -2.04. The van der Waals surface area contributed by atoms with Crippen LogP contribution in [0.25, 0.3) is 11.3 Å². The summed E-state index contributed by atoms with van der Waals surface area (Å²) in [5.41, 5.74) is 2.87. The minimum Gasteiger partial charge on any atom is -0.319 e. The first-order valence-corrected chi connectivity index (χ1v) is 9.03. The Morgan fingerprint density at radius 1 is 1.09 bits per heavy atom.